The molecule has 2 heterocycles. The fourth-order valence-electron chi connectivity index (χ4n) is 9.03. The lowest BCUT2D eigenvalue weighted by molar-refractivity contribution is -0.122. The Morgan fingerprint density at radius 3 is 2.27 bits per heavy atom. The molecule has 56 heavy (non-hydrogen) atoms. The zero-order valence-electron chi connectivity index (χ0n) is 35.0. The maximum atomic E-state index is 13.8. The monoisotopic (exact) mass is 788 g/mol. The van der Waals surface area contributed by atoms with Crippen molar-refractivity contribution in [1.82, 2.24) is 4.90 Å². The summed E-state index contributed by atoms with van der Waals surface area (Å²) in [5, 5.41) is 9.87. The first-order valence-corrected chi connectivity index (χ1v) is 22.5. The van der Waals surface area contributed by atoms with Crippen LogP contribution in [0.4, 0.5) is 10.5 Å². The number of piperidine rings is 1. The van der Waals surface area contributed by atoms with Crippen LogP contribution in [0, 0.1) is 0 Å². The Morgan fingerprint density at radius 1 is 0.911 bits per heavy atom. The van der Waals surface area contributed by atoms with Gasteiger partial charge in [0.15, 0.2) is 8.32 Å². The maximum absolute atomic E-state index is 13.8. The van der Waals surface area contributed by atoms with Gasteiger partial charge in [0.05, 0.1) is 58.2 Å². The van der Waals surface area contributed by atoms with E-state index >= 15 is 0 Å². The number of carboxylic acid groups (broad SMARTS) is 1. The van der Waals surface area contributed by atoms with Crippen molar-refractivity contribution >= 4 is 26.0 Å². The van der Waals surface area contributed by atoms with Crippen LogP contribution >= 0.6 is 0 Å². The highest BCUT2D eigenvalue weighted by molar-refractivity contribution is 6.77. The van der Waals surface area contributed by atoms with E-state index in [4.69, 9.17) is 23.4 Å². The van der Waals surface area contributed by atoms with Crippen LogP contribution in [0.5, 0.6) is 11.5 Å². The van der Waals surface area contributed by atoms with Crippen molar-refractivity contribution in [3.8, 4) is 11.5 Å². The van der Waals surface area contributed by atoms with Gasteiger partial charge < -0.3 is 38.3 Å². The van der Waals surface area contributed by atoms with E-state index in [1.807, 2.05) is 61.2 Å². The van der Waals surface area contributed by atoms with Crippen molar-refractivity contribution in [2.24, 2.45) is 0 Å². The van der Waals surface area contributed by atoms with Gasteiger partial charge in [-0.3, -0.25) is 4.79 Å². The Bertz CT molecular complexity index is 1740. The first-order valence-electron chi connectivity index (χ1n) is 20.3. The molecule has 3 aromatic rings. The molecule has 10 nitrogen and oxygen atoms in total. The van der Waals surface area contributed by atoms with Gasteiger partial charge in [0.1, 0.15) is 11.5 Å². The normalized spacial score (nSPS) is 18.2. The number of benzene rings is 3. The molecule has 2 unspecified atom stereocenters. The number of amides is 2. The van der Waals surface area contributed by atoms with Gasteiger partial charge in [0, 0.05) is 36.7 Å². The molecule has 2 amide bonds. The van der Waals surface area contributed by atoms with E-state index in [0.717, 1.165) is 45.9 Å². The van der Waals surface area contributed by atoms with Gasteiger partial charge in [-0.1, -0.05) is 84.0 Å². The van der Waals surface area contributed by atoms with Crippen LogP contribution in [-0.2, 0) is 37.3 Å². The largest absolute Gasteiger partial charge is 0.496 e. The van der Waals surface area contributed by atoms with Crippen molar-refractivity contribution in [2.45, 2.75) is 116 Å². The Morgan fingerprint density at radius 2 is 1.61 bits per heavy atom. The average Bonchev–Trinajstić information content (AvgIpc) is 3.36. The Hall–Kier alpha value is -3.90. The fraction of sp³-hybridized carbons (Fsp3) is 0.556. The molecular formula is C45H64N2O8Si. The molecule has 3 aromatic carbocycles. The molecule has 0 aromatic heterocycles. The van der Waals surface area contributed by atoms with E-state index in [1.165, 1.54) is 4.90 Å². The molecule has 5 rings (SSSR count). The number of hydrogen-bond acceptors (Lipinski definition) is 7. The van der Waals surface area contributed by atoms with Gasteiger partial charge in [0.25, 0.3) is 0 Å². The number of ether oxygens (including phenoxy) is 4. The minimum atomic E-state index is -2.09. The Labute approximate surface area is 335 Å². The molecule has 2 atom stereocenters. The predicted octanol–water partition coefficient (Wildman–Crippen LogP) is 9.55. The van der Waals surface area contributed by atoms with E-state index in [1.54, 1.807) is 7.11 Å². The summed E-state index contributed by atoms with van der Waals surface area (Å²) in [7, 11) is -0.425. The second kappa shape index (κ2) is 19.0. The van der Waals surface area contributed by atoms with Gasteiger partial charge in [-0.15, -0.1) is 0 Å². The van der Waals surface area contributed by atoms with Crippen LogP contribution < -0.4 is 14.4 Å². The Kier molecular flexibility index (Phi) is 14.7. The standard InChI is InChI=1S/C45H64N2O8Si/c1-31(2)56(32(3)4,33(5)6)55-26-23-47-40-27-34(15-20-39(40)45(7,8)43(47)48)29-54-42-28-46(44(49)50)22-21-38(42)35-16-18-37(19-17-35)53-25-12-24-52-30-36-13-10-11-14-41(36)51-9/h10-11,13-20,27,31-33,38,42H,12,21-26,28-30H2,1-9H3,(H,49,50). The summed E-state index contributed by atoms with van der Waals surface area (Å²) >= 11 is 0. The highest BCUT2D eigenvalue weighted by Gasteiger charge is 2.47. The van der Waals surface area contributed by atoms with E-state index in [2.05, 4.69) is 65.8 Å². The highest BCUT2D eigenvalue weighted by Crippen LogP contribution is 2.44. The fourth-order valence-corrected chi connectivity index (χ4v) is 14.5. The van der Waals surface area contributed by atoms with Gasteiger partial charge in [-0.2, -0.15) is 0 Å². The van der Waals surface area contributed by atoms with Gasteiger partial charge in [-0.25, -0.2) is 4.79 Å². The summed E-state index contributed by atoms with van der Waals surface area (Å²) in [6, 6.07) is 22.1. The molecule has 11 heteroatoms. The SMILES string of the molecule is COc1ccccc1COCCCOc1ccc(C2CCN(C(=O)O)CC2OCc2ccc3c(c2)N(CCO[Si](C(C)C)(C(C)C)C(C)C)C(=O)C3(C)C)cc1. The number of anilines is 1. The summed E-state index contributed by atoms with van der Waals surface area (Å²) in [6.45, 7) is 21.2. The molecule has 1 N–H and O–H groups in total. The summed E-state index contributed by atoms with van der Waals surface area (Å²) in [6.07, 6.45) is 0.110. The third-order valence-corrected chi connectivity index (χ3v) is 18.1. The minimum Gasteiger partial charge on any atom is -0.496 e. The van der Waals surface area contributed by atoms with Crippen LogP contribution in [0.3, 0.4) is 0 Å². The molecule has 0 aliphatic carbocycles. The second-order valence-electron chi connectivity index (χ2n) is 16.7. The number of methoxy groups -OCH3 is 1. The first kappa shape index (κ1) is 43.2. The number of hydrogen-bond donors (Lipinski definition) is 1. The van der Waals surface area contributed by atoms with Crippen molar-refractivity contribution in [1.29, 1.82) is 0 Å². The molecule has 0 spiro atoms. The van der Waals surface area contributed by atoms with Crippen LogP contribution in [0.1, 0.15) is 96.4 Å². The lowest BCUT2D eigenvalue weighted by Crippen LogP contribution is -2.49. The molecule has 0 radical (unpaired) electrons. The van der Waals surface area contributed by atoms with Crippen molar-refractivity contribution in [3.05, 3.63) is 89.0 Å². The number of carbonyl (C=O) groups is 2. The van der Waals surface area contributed by atoms with Crippen molar-refractivity contribution in [3.63, 3.8) is 0 Å². The molecule has 2 aliphatic heterocycles. The summed E-state index contributed by atoms with van der Waals surface area (Å²) in [5.74, 6) is 1.68. The summed E-state index contributed by atoms with van der Waals surface area (Å²) < 4.78 is 30.7. The number of fused-ring (bicyclic) bond motifs is 1. The quantitative estimate of drug-likeness (QED) is 0.0946. The third kappa shape index (κ3) is 9.61. The van der Waals surface area contributed by atoms with Gasteiger partial charge in [0.2, 0.25) is 5.91 Å². The van der Waals surface area contributed by atoms with Crippen molar-refractivity contribution < 1.29 is 38.1 Å². The van der Waals surface area contributed by atoms with Gasteiger partial charge >= 0.3 is 6.09 Å². The average molecular weight is 789 g/mol. The molecule has 1 fully saturated rings. The highest BCUT2D eigenvalue weighted by atomic mass is 28.4. The van der Waals surface area contributed by atoms with Crippen LogP contribution in [-0.4, -0.2) is 83.0 Å². The number of rotatable bonds is 19. The lowest BCUT2D eigenvalue weighted by atomic mass is 9.86. The number of likely N-dealkylation sites (tertiary alicyclic amines) is 1. The molecule has 0 saturated carbocycles. The van der Waals surface area contributed by atoms with E-state index in [-0.39, 0.29) is 24.5 Å². The van der Waals surface area contributed by atoms with Gasteiger partial charge in [-0.05, 0) is 77.8 Å². The third-order valence-electron chi connectivity index (χ3n) is 11.9. The summed E-state index contributed by atoms with van der Waals surface area (Å²) in [5.41, 5.74) is 5.69. The zero-order chi connectivity index (χ0) is 40.6. The number of nitrogens with zero attached hydrogens (tertiary/aromatic N) is 2. The number of para-hydroxylation sites is 1. The van der Waals surface area contributed by atoms with E-state index in [9.17, 15) is 14.7 Å². The Balaban J connectivity index is 1.21. The van der Waals surface area contributed by atoms with Crippen LogP contribution in [0.15, 0.2) is 66.7 Å². The maximum Gasteiger partial charge on any atom is 0.407 e. The molecule has 1 saturated heterocycles. The molecule has 0 bridgehead atoms. The summed E-state index contributed by atoms with van der Waals surface area (Å²) in [4.78, 5) is 29.2. The zero-order valence-corrected chi connectivity index (χ0v) is 36.0. The van der Waals surface area contributed by atoms with E-state index < -0.39 is 19.8 Å². The van der Waals surface area contributed by atoms with Crippen LogP contribution in [0.2, 0.25) is 16.6 Å². The smallest absolute Gasteiger partial charge is 0.407 e. The molecule has 2 aliphatic rings. The minimum absolute atomic E-state index is 0.0129. The molecule has 306 valence electrons. The van der Waals surface area contributed by atoms with Crippen LogP contribution in [0.25, 0.3) is 0 Å². The number of carbonyl (C=O) groups excluding carboxylic acids is 1. The topological polar surface area (TPSA) is 107 Å². The predicted molar refractivity (Wildman–Crippen MR) is 224 cm³/mol. The first-order chi connectivity index (χ1) is 26.7. The molecular weight excluding hydrogens is 725 g/mol. The van der Waals surface area contributed by atoms with Crippen molar-refractivity contribution in [2.75, 3.05) is 51.5 Å². The van der Waals surface area contributed by atoms with E-state index in [0.29, 0.717) is 69.2 Å². The lowest BCUT2D eigenvalue weighted by Gasteiger charge is -2.42. The second-order valence-corrected chi connectivity index (χ2v) is 22.2.